The van der Waals surface area contributed by atoms with Crippen LogP contribution in [-0.4, -0.2) is 33.3 Å². The molecule has 1 rings (SSSR count). The summed E-state index contributed by atoms with van der Waals surface area (Å²) in [5.41, 5.74) is 6.20. The smallest absolute Gasteiger partial charge is 0.417 e. The van der Waals surface area contributed by atoms with Gasteiger partial charge in [-0.05, 0) is 17.7 Å². The van der Waals surface area contributed by atoms with Crippen molar-refractivity contribution >= 4 is 23.8 Å². The lowest BCUT2D eigenvalue weighted by Crippen LogP contribution is -2.33. The fourth-order valence-electron chi connectivity index (χ4n) is 1.25. The molecule has 18 heavy (non-hydrogen) atoms. The van der Waals surface area contributed by atoms with E-state index < -0.39 is 12.2 Å². The maximum absolute atomic E-state index is 10.6. The number of carbonyl (C=O) groups is 2. The summed E-state index contributed by atoms with van der Waals surface area (Å²) in [5.74, 6) is -0.222. The highest BCUT2D eigenvalue weighted by molar-refractivity contribution is 5.89. The number of imide groups is 1. The molecule has 1 aromatic rings. The lowest BCUT2D eigenvalue weighted by Gasteiger charge is -2.13. The molecule has 8 heteroatoms. The molecule has 0 aliphatic carbocycles. The van der Waals surface area contributed by atoms with E-state index in [9.17, 15) is 9.59 Å². The van der Waals surface area contributed by atoms with Crippen molar-refractivity contribution in [2.24, 2.45) is 5.73 Å². The summed E-state index contributed by atoms with van der Waals surface area (Å²) in [4.78, 5) is 21.6. The summed E-state index contributed by atoms with van der Waals surface area (Å²) in [5, 5.41) is 26.9. The highest BCUT2D eigenvalue weighted by atomic mass is 16.4. The molecule has 0 fully saturated rings. The molecule has 2 amide bonds. The Bertz CT molecular complexity index is 457. The Balaban J connectivity index is 2.76. The number of benzene rings is 1. The van der Waals surface area contributed by atoms with Crippen molar-refractivity contribution in [2.75, 3.05) is 5.32 Å². The van der Waals surface area contributed by atoms with E-state index in [1.165, 1.54) is 0 Å². The van der Waals surface area contributed by atoms with Gasteiger partial charge in [0.05, 0.1) is 6.54 Å². The first-order valence-corrected chi connectivity index (χ1v) is 4.83. The topological polar surface area (TPSA) is 140 Å². The second kappa shape index (κ2) is 5.53. The van der Waals surface area contributed by atoms with Gasteiger partial charge in [0.2, 0.25) is 0 Å². The average molecular weight is 252 g/mol. The van der Waals surface area contributed by atoms with Gasteiger partial charge in [0.1, 0.15) is 0 Å². The predicted molar refractivity (Wildman–Crippen MR) is 63.6 cm³/mol. The van der Waals surface area contributed by atoms with Crippen molar-refractivity contribution < 1.29 is 19.8 Å². The highest BCUT2D eigenvalue weighted by Crippen LogP contribution is 2.11. The first-order chi connectivity index (χ1) is 8.40. The van der Waals surface area contributed by atoms with Crippen LogP contribution in [-0.2, 0) is 6.54 Å². The number of carboxylic acid groups (broad SMARTS) is 2. The van der Waals surface area contributed by atoms with E-state index in [1.807, 2.05) is 0 Å². The zero-order chi connectivity index (χ0) is 13.7. The number of nitrogens with two attached hydrogens (primary N) is 1. The molecule has 0 radical (unpaired) electrons. The van der Waals surface area contributed by atoms with Crippen molar-refractivity contribution in [1.29, 1.82) is 5.41 Å². The van der Waals surface area contributed by atoms with Crippen LogP contribution < -0.4 is 11.1 Å². The quantitative estimate of drug-likeness (QED) is 0.403. The number of amides is 2. The Morgan fingerprint density at radius 2 is 1.72 bits per heavy atom. The third-order valence-electron chi connectivity index (χ3n) is 2.04. The SMILES string of the molecule is N=C(N)Nc1ccc(CN(C(=O)O)C(=O)O)cc1. The third kappa shape index (κ3) is 3.67. The van der Waals surface area contributed by atoms with E-state index in [1.54, 1.807) is 24.3 Å². The van der Waals surface area contributed by atoms with Crippen molar-refractivity contribution in [1.82, 2.24) is 4.90 Å². The van der Waals surface area contributed by atoms with Gasteiger partial charge in [0.15, 0.2) is 5.96 Å². The van der Waals surface area contributed by atoms with Crippen molar-refractivity contribution in [3.63, 3.8) is 0 Å². The lowest BCUT2D eigenvalue weighted by atomic mass is 10.2. The first kappa shape index (κ1) is 13.3. The van der Waals surface area contributed by atoms with Crippen LogP contribution in [0.2, 0.25) is 0 Å². The highest BCUT2D eigenvalue weighted by Gasteiger charge is 2.19. The minimum Gasteiger partial charge on any atom is -0.465 e. The zero-order valence-corrected chi connectivity index (χ0v) is 9.25. The molecule has 6 N–H and O–H groups in total. The van der Waals surface area contributed by atoms with Gasteiger partial charge < -0.3 is 21.3 Å². The summed E-state index contributed by atoms with van der Waals surface area (Å²) >= 11 is 0. The number of anilines is 1. The van der Waals surface area contributed by atoms with E-state index in [0.717, 1.165) is 0 Å². The molecule has 1 aromatic carbocycles. The average Bonchev–Trinajstić information content (AvgIpc) is 2.26. The van der Waals surface area contributed by atoms with Crippen LogP contribution in [0, 0.1) is 5.41 Å². The van der Waals surface area contributed by atoms with Crippen molar-refractivity contribution in [3.8, 4) is 0 Å². The molecule has 0 heterocycles. The van der Waals surface area contributed by atoms with Crippen molar-refractivity contribution in [2.45, 2.75) is 6.54 Å². The molecule has 0 aromatic heterocycles. The van der Waals surface area contributed by atoms with Gasteiger partial charge >= 0.3 is 12.2 Å². The normalized spacial score (nSPS) is 9.56. The second-order valence-electron chi connectivity index (χ2n) is 3.39. The summed E-state index contributed by atoms with van der Waals surface area (Å²) in [7, 11) is 0. The van der Waals surface area contributed by atoms with Gasteiger partial charge in [0.25, 0.3) is 0 Å². The molecule has 0 unspecified atom stereocenters. The fourth-order valence-corrected chi connectivity index (χ4v) is 1.25. The number of nitrogens with zero attached hydrogens (tertiary/aromatic N) is 1. The minimum atomic E-state index is -1.53. The monoisotopic (exact) mass is 252 g/mol. The Morgan fingerprint density at radius 1 is 1.22 bits per heavy atom. The number of hydrogen-bond donors (Lipinski definition) is 5. The summed E-state index contributed by atoms with van der Waals surface area (Å²) in [6.45, 7) is -0.259. The minimum absolute atomic E-state index is 0.222. The van der Waals surface area contributed by atoms with Crippen LogP contribution in [0.25, 0.3) is 0 Å². The van der Waals surface area contributed by atoms with E-state index in [0.29, 0.717) is 11.3 Å². The molecule has 96 valence electrons. The molecule has 0 bridgehead atoms. The van der Waals surface area contributed by atoms with Gasteiger partial charge in [-0.2, -0.15) is 0 Å². The lowest BCUT2D eigenvalue weighted by molar-refractivity contribution is 0.120. The van der Waals surface area contributed by atoms with E-state index in [2.05, 4.69) is 5.32 Å². The molecule has 8 nitrogen and oxygen atoms in total. The number of rotatable bonds is 3. The van der Waals surface area contributed by atoms with Crippen LogP contribution >= 0.6 is 0 Å². The van der Waals surface area contributed by atoms with Gasteiger partial charge in [-0.1, -0.05) is 12.1 Å². The van der Waals surface area contributed by atoms with Crippen LogP contribution in [0.5, 0.6) is 0 Å². The van der Waals surface area contributed by atoms with Gasteiger partial charge in [0, 0.05) is 5.69 Å². The van der Waals surface area contributed by atoms with Crippen LogP contribution in [0.4, 0.5) is 15.3 Å². The van der Waals surface area contributed by atoms with Crippen LogP contribution in [0.3, 0.4) is 0 Å². The van der Waals surface area contributed by atoms with Crippen LogP contribution in [0.1, 0.15) is 5.56 Å². The molecule has 0 saturated carbocycles. The number of nitrogens with one attached hydrogen (secondary N) is 2. The van der Waals surface area contributed by atoms with E-state index >= 15 is 0 Å². The van der Waals surface area contributed by atoms with Crippen LogP contribution in [0.15, 0.2) is 24.3 Å². The molecular formula is C10H12N4O4. The number of hydrogen-bond acceptors (Lipinski definition) is 3. The van der Waals surface area contributed by atoms with E-state index in [4.69, 9.17) is 21.4 Å². The van der Waals surface area contributed by atoms with Gasteiger partial charge in [-0.3, -0.25) is 5.41 Å². The fraction of sp³-hybridized carbons (Fsp3) is 0.100. The van der Waals surface area contributed by atoms with Gasteiger partial charge in [-0.15, -0.1) is 0 Å². The largest absolute Gasteiger partial charge is 0.465 e. The molecule has 0 atom stereocenters. The Hall–Kier alpha value is -2.77. The number of guanidine groups is 1. The standard InChI is InChI=1S/C10H12N4O4/c11-8(12)13-7-3-1-6(2-4-7)5-14(9(15)16)10(17)18/h1-4H,5H2,(H,15,16)(H,17,18)(H4,11,12,13). The van der Waals surface area contributed by atoms with Crippen molar-refractivity contribution in [3.05, 3.63) is 29.8 Å². The third-order valence-corrected chi connectivity index (χ3v) is 2.04. The molecule has 0 aliphatic rings. The first-order valence-electron chi connectivity index (χ1n) is 4.83. The molecule has 0 aliphatic heterocycles. The summed E-state index contributed by atoms with van der Waals surface area (Å²) in [6.07, 6.45) is -3.07. The summed E-state index contributed by atoms with van der Waals surface area (Å²) in [6, 6.07) is 6.23. The zero-order valence-electron chi connectivity index (χ0n) is 9.25. The molecular weight excluding hydrogens is 240 g/mol. The summed E-state index contributed by atoms with van der Waals surface area (Å²) < 4.78 is 0. The predicted octanol–water partition coefficient (Wildman–Crippen LogP) is 1.15. The molecule has 0 saturated heterocycles. The maximum Gasteiger partial charge on any atom is 0.417 e. The maximum atomic E-state index is 10.6. The second-order valence-corrected chi connectivity index (χ2v) is 3.39. The Labute approximate surface area is 102 Å². The Morgan fingerprint density at radius 3 is 2.11 bits per heavy atom. The Kier molecular flexibility index (Phi) is 4.08. The molecule has 0 spiro atoms. The van der Waals surface area contributed by atoms with Gasteiger partial charge in [-0.25, -0.2) is 14.5 Å². The van der Waals surface area contributed by atoms with E-state index in [-0.39, 0.29) is 17.4 Å².